The van der Waals surface area contributed by atoms with Gasteiger partial charge in [0.2, 0.25) is 5.91 Å². The van der Waals surface area contributed by atoms with Gasteiger partial charge in [-0.1, -0.05) is 30.3 Å². The normalized spacial score (nSPS) is 23.7. The van der Waals surface area contributed by atoms with Crippen molar-refractivity contribution in [2.24, 2.45) is 5.92 Å². The predicted octanol–water partition coefficient (Wildman–Crippen LogP) is 4.11. The zero-order valence-corrected chi connectivity index (χ0v) is 16.4. The van der Waals surface area contributed by atoms with Crippen LogP contribution in [-0.2, 0) is 17.8 Å². The van der Waals surface area contributed by atoms with E-state index in [4.69, 9.17) is 0 Å². The first kappa shape index (κ1) is 17.7. The van der Waals surface area contributed by atoms with Gasteiger partial charge in [0, 0.05) is 37.1 Å². The third-order valence-electron chi connectivity index (χ3n) is 6.04. The number of amides is 1. The molecule has 0 spiro atoms. The van der Waals surface area contributed by atoms with Crippen LogP contribution in [0.4, 0.5) is 0 Å². The average Bonchev–Trinajstić information content (AvgIpc) is 3.16. The standard InChI is InChI=1S/C22H28N2OS/c1-17-6-2-3-7-18(17)14-22(25)24-11-4-8-19-15-23(12-10-21(19)24)16-20-9-5-13-26-20/h2-3,5-7,9,13,19,21H,4,8,10-12,14-16H2,1H3/t19-,21-/m1/s1. The van der Waals surface area contributed by atoms with Gasteiger partial charge in [0.25, 0.3) is 0 Å². The molecule has 1 amide bonds. The Morgan fingerprint density at radius 3 is 2.85 bits per heavy atom. The Balaban J connectivity index is 1.40. The van der Waals surface area contributed by atoms with Gasteiger partial charge in [-0.25, -0.2) is 0 Å². The number of nitrogens with zero attached hydrogens (tertiary/aromatic N) is 2. The highest BCUT2D eigenvalue weighted by molar-refractivity contribution is 7.09. The maximum Gasteiger partial charge on any atom is 0.227 e. The fourth-order valence-corrected chi connectivity index (χ4v) is 5.37. The van der Waals surface area contributed by atoms with Crippen molar-refractivity contribution in [3.63, 3.8) is 0 Å². The number of piperidine rings is 2. The van der Waals surface area contributed by atoms with Crippen LogP contribution < -0.4 is 0 Å². The Kier molecular flexibility index (Phi) is 5.41. The van der Waals surface area contributed by atoms with Crippen molar-refractivity contribution in [3.8, 4) is 0 Å². The summed E-state index contributed by atoms with van der Waals surface area (Å²) in [6.45, 7) is 6.35. The van der Waals surface area contributed by atoms with Crippen LogP contribution in [0.15, 0.2) is 41.8 Å². The molecular weight excluding hydrogens is 340 g/mol. The van der Waals surface area contributed by atoms with Crippen molar-refractivity contribution >= 4 is 17.2 Å². The van der Waals surface area contributed by atoms with Crippen LogP contribution in [-0.4, -0.2) is 41.4 Å². The van der Waals surface area contributed by atoms with E-state index in [9.17, 15) is 4.79 Å². The third kappa shape index (κ3) is 3.86. The zero-order valence-electron chi connectivity index (χ0n) is 15.6. The van der Waals surface area contributed by atoms with E-state index in [2.05, 4.69) is 46.4 Å². The number of thiophene rings is 1. The summed E-state index contributed by atoms with van der Waals surface area (Å²) in [6.07, 6.45) is 4.08. The second kappa shape index (κ2) is 7.93. The first-order chi connectivity index (χ1) is 12.7. The molecule has 0 saturated carbocycles. The van der Waals surface area contributed by atoms with E-state index in [1.165, 1.54) is 22.4 Å². The van der Waals surface area contributed by atoms with Gasteiger partial charge in [0.05, 0.1) is 6.42 Å². The highest BCUT2D eigenvalue weighted by atomic mass is 32.1. The lowest BCUT2D eigenvalue weighted by atomic mass is 9.83. The number of carbonyl (C=O) groups excluding carboxylic acids is 1. The van der Waals surface area contributed by atoms with Crippen LogP contribution >= 0.6 is 11.3 Å². The van der Waals surface area contributed by atoms with Crippen molar-refractivity contribution in [2.45, 2.75) is 45.2 Å². The Hall–Kier alpha value is -1.65. The molecule has 1 aromatic heterocycles. The number of rotatable bonds is 4. The Morgan fingerprint density at radius 1 is 1.15 bits per heavy atom. The van der Waals surface area contributed by atoms with Crippen molar-refractivity contribution in [1.29, 1.82) is 0 Å². The van der Waals surface area contributed by atoms with Crippen molar-refractivity contribution in [1.82, 2.24) is 9.80 Å². The van der Waals surface area contributed by atoms with Gasteiger partial charge in [-0.3, -0.25) is 9.69 Å². The number of likely N-dealkylation sites (tertiary alicyclic amines) is 2. The summed E-state index contributed by atoms with van der Waals surface area (Å²) in [4.78, 5) is 19.3. The van der Waals surface area contributed by atoms with Gasteiger partial charge in [-0.05, 0) is 54.7 Å². The minimum atomic E-state index is 0.320. The Labute approximate surface area is 160 Å². The maximum absolute atomic E-state index is 13.0. The molecule has 0 unspecified atom stereocenters. The lowest BCUT2D eigenvalue weighted by Crippen LogP contribution is -2.55. The molecule has 2 aliphatic heterocycles. The van der Waals surface area contributed by atoms with E-state index >= 15 is 0 Å². The lowest BCUT2D eigenvalue weighted by Gasteiger charge is -2.47. The average molecular weight is 369 g/mol. The molecule has 26 heavy (non-hydrogen) atoms. The second-order valence-electron chi connectivity index (χ2n) is 7.76. The molecule has 0 bridgehead atoms. The molecule has 2 aromatic rings. The highest BCUT2D eigenvalue weighted by Crippen LogP contribution is 2.32. The largest absolute Gasteiger partial charge is 0.339 e. The minimum Gasteiger partial charge on any atom is -0.339 e. The first-order valence-electron chi connectivity index (χ1n) is 9.79. The molecule has 3 heterocycles. The van der Waals surface area contributed by atoms with Gasteiger partial charge in [-0.15, -0.1) is 11.3 Å². The molecule has 1 aromatic carbocycles. The molecular formula is C22H28N2OS. The maximum atomic E-state index is 13.0. The number of hydrogen-bond acceptors (Lipinski definition) is 3. The van der Waals surface area contributed by atoms with Crippen LogP contribution in [0, 0.1) is 12.8 Å². The third-order valence-corrected chi connectivity index (χ3v) is 6.90. The molecule has 0 N–H and O–H groups in total. The quantitative estimate of drug-likeness (QED) is 0.811. The van der Waals surface area contributed by atoms with Gasteiger partial charge < -0.3 is 4.90 Å². The summed E-state index contributed by atoms with van der Waals surface area (Å²) in [5.74, 6) is 0.957. The molecule has 2 saturated heterocycles. The van der Waals surface area contributed by atoms with E-state index in [0.717, 1.165) is 39.0 Å². The SMILES string of the molecule is Cc1ccccc1CC(=O)N1CCC[C@@H]2CN(Cc3cccs3)CC[C@H]21. The monoisotopic (exact) mass is 368 g/mol. The molecule has 4 rings (SSSR count). The van der Waals surface area contributed by atoms with Crippen LogP contribution in [0.5, 0.6) is 0 Å². The molecule has 138 valence electrons. The van der Waals surface area contributed by atoms with Gasteiger partial charge >= 0.3 is 0 Å². The van der Waals surface area contributed by atoms with E-state index < -0.39 is 0 Å². The second-order valence-corrected chi connectivity index (χ2v) is 8.80. The molecule has 2 atom stereocenters. The van der Waals surface area contributed by atoms with Crippen molar-refractivity contribution in [2.75, 3.05) is 19.6 Å². The van der Waals surface area contributed by atoms with E-state index in [1.54, 1.807) is 0 Å². The highest BCUT2D eigenvalue weighted by Gasteiger charge is 2.37. The molecule has 4 heteroatoms. The smallest absolute Gasteiger partial charge is 0.227 e. The molecule has 2 fully saturated rings. The van der Waals surface area contributed by atoms with Crippen molar-refractivity contribution < 1.29 is 4.79 Å². The summed E-state index contributed by atoms with van der Waals surface area (Å²) < 4.78 is 0. The van der Waals surface area contributed by atoms with Crippen LogP contribution in [0.1, 0.15) is 35.3 Å². The number of benzene rings is 1. The van der Waals surface area contributed by atoms with E-state index in [1.807, 2.05) is 23.5 Å². The molecule has 2 aliphatic rings. The van der Waals surface area contributed by atoms with Gasteiger partial charge in [0.15, 0.2) is 0 Å². The van der Waals surface area contributed by atoms with E-state index in [0.29, 0.717) is 24.3 Å². The summed E-state index contributed by atoms with van der Waals surface area (Å²) in [5, 5.41) is 2.16. The van der Waals surface area contributed by atoms with Gasteiger partial charge in [-0.2, -0.15) is 0 Å². The molecule has 0 aliphatic carbocycles. The number of fused-ring (bicyclic) bond motifs is 1. The predicted molar refractivity (Wildman–Crippen MR) is 107 cm³/mol. The molecule has 0 radical (unpaired) electrons. The first-order valence-corrected chi connectivity index (χ1v) is 10.7. The summed E-state index contributed by atoms with van der Waals surface area (Å²) in [7, 11) is 0. The van der Waals surface area contributed by atoms with Crippen LogP contribution in [0.2, 0.25) is 0 Å². The van der Waals surface area contributed by atoms with E-state index in [-0.39, 0.29) is 0 Å². The van der Waals surface area contributed by atoms with Crippen molar-refractivity contribution in [3.05, 3.63) is 57.8 Å². The summed E-state index contributed by atoms with van der Waals surface area (Å²) >= 11 is 1.85. The Bertz CT molecular complexity index is 742. The topological polar surface area (TPSA) is 23.6 Å². The fraction of sp³-hybridized carbons (Fsp3) is 0.500. The van der Waals surface area contributed by atoms with Crippen LogP contribution in [0.3, 0.4) is 0 Å². The lowest BCUT2D eigenvalue weighted by molar-refractivity contribution is -0.137. The Morgan fingerprint density at radius 2 is 2.04 bits per heavy atom. The van der Waals surface area contributed by atoms with Gasteiger partial charge in [0.1, 0.15) is 0 Å². The minimum absolute atomic E-state index is 0.320. The number of hydrogen-bond donors (Lipinski definition) is 0. The zero-order chi connectivity index (χ0) is 17.9. The van der Waals surface area contributed by atoms with Crippen LogP contribution in [0.25, 0.3) is 0 Å². The molecule has 3 nitrogen and oxygen atoms in total. The number of aryl methyl sites for hydroxylation is 1. The fourth-order valence-electron chi connectivity index (χ4n) is 4.63. The number of carbonyl (C=O) groups is 1. The summed E-state index contributed by atoms with van der Waals surface area (Å²) in [5.41, 5.74) is 2.40. The summed E-state index contributed by atoms with van der Waals surface area (Å²) in [6, 6.07) is 13.1.